The number of likely N-dealkylation sites (tertiary alicyclic amines) is 1. The number of hydrogen-bond donors (Lipinski definition) is 2. The highest BCUT2D eigenvalue weighted by atomic mass is 32.2. The molecule has 51 heavy (non-hydrogen) atoms. The third-order valence-electron chi connectivity index (χ3n) is 9.28. The normalized spacial score (nSPS) is 22.1. The van der Waals surface area contributed by atoms with Crippen molar-refractivity contribution in [3.8, 4) is 11.1 Å². The molecule has 2 amide bonds. The molecule has 3 heterocycles. The summed E-state index contributed by atoms with van der Waals surface area (Å²) in [5.41, 5.74) is 5.06. The molecule has 6 rings (SSSR count). The van der Waals surface area contributed by atoms with E-state index in [0.717, 1.165) is 38.1 Å². The van der Waals surface area contributed by atoms with Crippen molar-refractivity contribution in [1.82, 2.24) is 10.2 Å². The van der Waals surface area contributed by atoms with Crippen molar-refractivity contribution in [3.05, 3.63) is 125 Å². The number of ether oxygens (including phenoxy) is 2. The topological polar surface area (TPSA) is 115 Å². The van der Waals surface area contributed by atoms with Gasteiger partial charge in [-0.25, -0.2) is 0 Å². The second-order valence-electron chi connectivity index (χ2n) is 12.7. The number of aromatic nitrogens is 1. The van der Waals surface area contributed by atoms with Gasteiger partial charge in [-0.2, -0.15) is 17.9 Å². The molecule has 4 aromatic rings. The zero-order chi connectivity index (χ0) is 36.1. The summed E-state index contributed by atoms with van der Waals surface area (Å²) in [5.74, 6) is -2.13. The number of carbonyl (C=O) groups is 2. The highest BCUT2D eigenvalue weighted by Crippen LogP contribution is 2.43. The summed E-state index contributed by atoms with van der Waals surface area (Å²) in [6.45, 7) is 1.99. The summed E-state index contributed by atoms with van der Waals surface area (Å²) < 4.78 is 53.0. The Morgan fingerprint density at radius 1 is 0.961 bits per heavy atom. The Balaban J connectivity index is 1.15. The lowest BCUT2D eigenvalue weighted by Gasteiger charge is -2.41. The lowest BCUT2D eigenvalue weighted by Crippen LogP contribution is -2.50. The number of alkyl halides is 3. The largest absolute Gasteiger partial charge is 0.618 e. The van der Waals surface area contributed by atoms with Crippen molar-refractivity contribution in [1.29, 1.82) is 0 Å². The average molecular weight is 722 g/mol. The lowest BCUT2D eigenvalue weighted by molar-refractivity contribution is -0.645. The zero-order valence-electron chi connectivity index (χ0n) is 27.8. The van der Waals surface area contributed by atoms with Crippen molar-refractivity contribution in [2.24, 2.45) is 5.92 Å². The molecule has 9 nitrogen and oxygen atoms in total. The summed E-state index contributed by atoms with van der Waals surface area (Å²) in [6.07, 6.45) is -4.32. The van der Waals surface area contributed by atoms with Gasteiger partial charge >= 0.3 is 12.1 Å². The molecule has 1 aromatic heterocycles. The van der Waals surface area contributed by atoms with E-state index in [1.807, 2.05) is 78.9 Å². The van der Waals surface area contributed by atoms with Gasteiger partial charge in [0.1, 0.15) is 6.04 Å². The van der Waals surface area contributed by atoms with E-state index in [-0.39, 0.29) is 44.2 Å². The number of thioether (sulfide) groups is 1. The summed E-state index contributed by atoms with van der Waals surface area (Å²) in [7, 11) is 0. The third kappa shape index (κ3) is 8.55. The molecule has 0 unspecified atom stereocenters. The number of aliphatic hydroxyl groups excluding tert-OH is 1. The number of hydrogen-bond acceptors (Lipinski definition) is 7. The van der Waals surface area contributed by atoms with Gasteiger partial charge in [0, 0.05) is 42.5 Å². The molecule has 2 aliphatic heterocycles. The van der Waals surface area contributed by atoms with E-state index in [1.165, 1.54) is 18.0 Å². The van der Waals surface area contributed by atoms with Gasteiger partial charge in [-0.05, 0) is 52.8 Å². The summed E-state index contributed by atoms with van der Waals surface area (Å²) in [6, 6.07) is 27.0. The van der Waals surface area contributed by atoms with Crippen LogP contribution in [0.5, 0.6) is 0 Å². The second kappa shape index (κ2) is 15.9. The van der Waals surface area contributed by atoms with E-state index >= 15 is 0 Å². The number of carbonyl (C=O) groups excluding carboxylic acids is 2. The van der Waals surface area contributed by atoms with Crippen LogP contribution in [0.1, 0.15) is 54.4 Å². The summed E-state index contributed by atoms with van der Waals surface area (Å²) in [5, 5.41) is 25.1. The van der Waals surface area contributed by atoms with Crippen LogP contribution >= 0.6 is 11.8 Å². The molecule has 2 N–H and O–H groups in total. The molecule has 0 aliphatic carbocycles. The Bertz CT molecular complexity index is 1830. The van der Waals surface area contributed by atoms with Crippen molar-refractivity contribution in [3.63, 3.8) is 0 Å². The Hall–Kier alpha value is -4.43. The van der Waals surface area contributed by atoms with E-state index in [2.05, 4.69) is 12.2 Å². The first-order chi connectivity index (χ1) is 24.5. The fourth-order valence-electron chi connectivity index (χ4n) is 6.45. The minimum absolute atomic E-state index is 0.0538. The van der Waals surface area contributed by atoms with Crippen LogP contribution in [0.3, 0.4) is 0 Å². The average Bonchev–Trinajstić information content (AvgIpc) is 3.64. The number of halogens is 3. The van der Waals surface area contributed by atoms with Gasteiger partial charge in [0.2, 0.25) is 5.91 Å². The molecule has 2 aliphatic rings. The first kappa shape index (κ1) is 36.4. The maximum atomic E-state index is 13.0. The van der Waals surface area contributed by atoms with Gasteiger partial charge in [-0.15, -0.1) is 0 Å². The minimum atomic E-state index is -5.03. The smallest absolute Gasteiger partial charge is 0.471 e. The van der Waals surface area contributed by atoms with Crippen LogP contribution < -0.4 is 10.0 Å². The first-order valence-electron chi connectivity index (χ1n) is 16.7. The van der Waals surface area contributed by atoms with Crippen molar-refractivity contribution in [2.75, 3.05) is 12.3 Å². The van der Waals surface area contributed by atoms with Gasteiger partial charge < -0.3 is 30.0 Å². The Kier molecular flexibility index (Phi) is 11.3. The van der Waals surface area contributed by atoms with Gasteiger partial charge in [0.05, 0.1) is 18.8 Å². The van der Waals surface area contributed by atoms with Crippen LogP contribution in [0.25, 0.3) is 11.1 Å². The molecule has 0 bridgehead atoms. The fraction of sp³-hybridized carbons (Fsp3) is 0.342. The van der Waals surface area contributed by atoms with Crippen molar-refractivity contribution >= 4 is 23.6 Å². The second-order valence-corrected chi connectivity index (χ2v) is 13.7. The van der Waals surface area contributed by atoms with Crippen LogP contribution in [0, 0.1) is 11.1 Å². The highest BCUT2D eigenvalue weighted by molar-refractivity contribution is 7.99. The maximum absolute atomic E-state index is 13.0. The number of pyridine rings is 1. The van der Waals surface area contributed by atoms with Crippen molar-refractivity contribution in [2.45, 2.75) is 68.7 Å². The van der Waals surface area contributed by atoms with Gasteiger partial charge in [0.25, 0.3) is 5.03 Å². The molecular weight excluding hydrogens is 683 g/mol. The number of amides is 2. The van der Waals surface area contributed by atoms with E-state index in [0.29, 0.717) is 22.1 Å². The van der Waals surface area contributed by atoms with Crippen LogP contribution in [0.4, 0.5) is 13.2 Å². The number of nitrogens with one attached hydrogen (secondary N) is 1. The monoisotopic (exact) mass is 721 g/mol. The number of aliphatic hydroxyl groups is 1. The molecular formula is C38H38F3N3O6S. The number of benzene rings is 3. The molecule has 268 valence electrons. The third-order valence-corrected chi connectivity index (χ3v) is 10.4. The highest BCUT2D eigenvalue weighted by Gasteiger charge is 2.47. The van der Waals surface area contributed by atoms with Gasteiger partial charge in [0.15, 0.2) is 12.5 Å². The molecule has 2 saturated heterocycles. The predicted octanol–water partition coefficient (Wildman–Crippen LogP) is 6.23. The Morgan fingerprint density at radius 2 is 1.71 bits per heavy atom. The summed E-state index contributed by atoms with van der Waals surface area (Å²) >= 11 is 1.42. The molecule has 0 radical (unpaired) electrons. The van der Waals surface area contributed by atoms with Gasteiger partial charge in [-0.3, -0.25) is 9.59 Å². The number of nitrogens with zero attached hydrogens (tertiary/aromatic N) is 2. The molecule has 13 heteroatoms. The number of rotatable bonds is 10. The van der Waals surface area contributed by atoms with E-state index < -0.39 is 30.3 Å². The first-order valence-corrected chi connectivity index (χ1v) is 17.7. The van der Waals surface area contributed by atoms with Crippen LogP contribution in [0.2, 0.25) is 0 Å². The van der Waals surface area contributed by atoms with E-state index in [4.69, 9.17) is 9.47 Å². The zero-order valence-corrected chi connectivity index (χ0v) is 28.6. The van der Waals surface area contributed by atoms with E-state index in [9.17, 15) is 33.1 Å². The maximum Gasteiger partial charge on any atom is 0.471 e. The molecule has 0 saturated carbocycles. The Morgan fingerprint density at radius 3 is 2.41 bits per heavy atom. The van der Waals surface area contributed by atoms with Gasteiger partial charge in [-0.1, -0.05) is 85.4 Å². The molecule has 0 spiro atoms. The molecule has 2 fully saturated rings. The van der Waals surface area contributed by atoms with E-state index in [1.54, 1.807) is 12.1 Å². The standard InChI is InChI=1S/C38H38F3N3O6S/c1-24-32(23-51-33-9-2-3-19-44(33)48)49-36(50-34(24)28-12-10-25(22-45)11-13-28)29-16-14-27(15-17-29)30-7-4-6-26(20-30)21-42-35(46)31-8-5-18-43(31)37(47)38(39,40)41/h2-4,6-7,9-17,19-20,24,31-32,34,36,45H,5,8,18,21-23H2,1H3,(H,42,46)/t24-,31-,32+,34+,36+/m0/s1. The van der Waals surface area contributed by atoms with Crippen LogP contribution in [-0.2, 0) is 32.2 Å². The SMILES string of the molecule is C[C@H]1[C@@H](CSc2cccc[n+]2[O-])O[C@@H](c2ccc(-c3cccc(CNC(=O)[C@@H]4CCCN4C(=O)C(F)(F)F)c3)cc2)O[C@H]1c1ccc(CO)cc1. The van der Waals surface area contributed by atoms with Crippen LogP contribution in [-0.4, -0.2) is 52.4 Å². The lowest BCUT2D eigenvalue weighted by atomic mass is 9.91. The van der Waals surface area contributed by atoms with Crippen molar-refractivity contribution < 1.29 is 42.1 Å². The minimum Gasteiger partial charge on any atom is -0.618 e. The quantitative estimate of drug-likeness (QED) is 0.113. The summed E-state index contributed by atoms with van der Waals surface area (Å²) in [4.78, 5) is 25.2. The Labute approximate surface area is 298 Å². The van der Waals surface area contributed by atoms with Crippen LogP contribution in [0.15, 0.2) is 102 Å². The molecule has 3 aromatic carbocycles. The predicted molar refractivity (Wildman–Crippen MR) is 184 cm³/mol. The molecule has 5 atom stereocenters. The fourth-order valence-corrected chi connectivity index (χ4v) is 7.53.